The maximum Gasteiger partial charge on any atom is 0.475 e. The summed E-state index contributed by atoms with van der Waals surface area (Å²) >= 11 is 0. The Morgan fingerprint density at radius 3 is 2.44 bits per heavy atom. The number of ether oxygens (including phenoxy) is 2. The number of aliphatic hydroxyl groups is 3. The Labute approximate surface area is 267 Å². The highest BCUT2D eigenvalue weighted by atomic mass is 31.2. The van der Waals surface area contributed by atoms with Crippen molar-refractivity contribution in [3.63, 3.8) is 0 Å². The lowest BCUT2D eigenvalue weighted by Crippen LogP contribution is -2.36. The number of imidazole rings is 2. The van der Waals surface area contributed by atoms with E-state index in [1.54, 1.807) is 0 Å². The van der Waals surface area contributed by atoms with Crippen LogP contribution in [-0.2, 0) is 41.2 Å². The molecule has 4 aromatic rings. The first-order valence-corrected chi connectivity index (χ1v) is 17.2. The number of aromatic amines is 1. The van der Waals surface area contributed by atoms with Crippen molar-refractivity contribution in [1.29, 1.82) is 0 Å². The number of nitrogens with zero attached hydrogens (tertiary/aromatic N) is 7. The van der Waals surface area contributed by atoms with Gasteiger partial charge in [0.2, 0.25) is 0 Å². The first-order chi connectivity index (χ1) is 22.9. The molecule has 4 unspecified atom stereocenters. The summed E-state index contributed by atoms with van der Waals surface area (Å²) in [5, 5.41) is 32.0. The van der Waals surface area contributed by atoms with E-state index in [9.17, 15) is 34.1 Å². The van der Waals surface area contributed by atoms with Crippen LogP contribution in [0.4, 0.5) is 5.82 Å². The van der Waals surface area contributed by atoms with Crippen LogP contribution < -0.4 is 11.3 Å². The number of fused-ring (bicyclic) bond motifs is 5. The van der Waals surface area contributed by atoms with Gasteiger partial charge in [0.05, 0.1) is 39.1 Å². The van der Waals surface area contributed by atoms with Gasteiger partial charge >= 0.3 is 15.6 Å². The fourth-order valence-corrected chi connectivity index (χ4v) is 7.92. The van der Waals surface area contributed by atoms with Crippen molar-refractivity contribution in [2.75, 3.05) is 32.2 Å². The van der Waals surface area contributed by atoms with Gasteiger partial charge in [-0.25, -0.2) is 34.0 Å². The van der Waals surface area contributed by atoms with Gasteiger partial charge in [-0.2, -0.15) is 0 Å². The third-order valence-corrected chi connectivity index (χ3v) is 10.2. The van der Waals surface area contributed by atoms with Gasteiger partial charge in [-0.15, -0.1) is 0 Å². The molecule has 10 atom stereocenters. The Balaban J connectivity index is 1.24. The number of anilines is 1. The van der Waals surface area contributed by atoms with E-state index in [0.717, 1.165) is 6.33 Å². The molecule has 3 aliphatic rings. The summed E-state index contributed by atoms with van der Waals surface area (Å²) in [7, 11) is -9.86. The zero-order chi connectivity index (χ0) is 34.0. The Hall–Kier alpha value is -3.28. The molecule has 7 heterocycles. The Bertz CT molecular complexity index is 1990. The molecule has 0 spiro atoms. The maximum atomic E-state index is 14.1. The van der Waals surface area contributed by atoms with Crippen molar-refractivity contribution in [1.82, 2.24) is 39.0 Å². The van der Waals surface area contributed by atoms with E-state index in [-0.39, 0.29) is 34.0 Å². The van der Waals surface area contributed by atoms with E-state index in [1.807, 2.05) is 0 Å². The number of nitrogens with two attached hydrogens (primary N) is 1. The van der Waals surface area contributed by atoms with Crippen molar-refractivity contribution in [3.8, 4) is 0 Å². The normalized spacial score (nSPS) is 36.1. The summed E-state index contributed by atoms with van der Waals surface area (Å²) in [6.45, 7) is -1.18. The number of nitrogens with one attached hydrogen (secondary N) is 1. The number of aryl methyl sites for hydroxylation is 1. The Morgan fingerprint density at radius 2 is 1.67 bits per heavy atom. The van der Waals surface area contributed by atoms with Crippen LogP contribution in [0.15, 0.2) is 23.8 Å². The lowest BCUT2D eigenvalue weighted by molar-refractivity contribution is -0.0698. The predicted molar refractivity (Wildman–Crippen MR) is 155 cm³/mol. The molecule has 3 aliphatic heterocycles. The molecule has 0 saturated carbocycles. The molecular formula is C23H29N9O14P2. The van der Waals surface area contributed by atoms with Crippen molar-refractivity contribution >= 4 is 43.8 Å². The summed E-state index contributed by atoms with van der Waals surface area (Å²) in [6.07, 6.45) is -8.77. The van der Waals surface area contributed by atoms with Crippen molar-refractivity contribution in [3.05, 3.63) is 35.2 Å². The molecule has 0 radical (unpaired) electrons. The van der Waals surface area contributed by atoms with Gasteiger partial charge in [0.25, 0.3) is 5.56 Å². The molecular weight excluding hydrogens is 688 g/mol. The summed E-state index contributed by atoms with van der Waals surface area (Å²) in [4.78, 5) is 46.1. The monoisotopic (exact) mass is 717 g/mol. The minimum absolute atomic E-state index is 0.00852. The molecule has 0 aliphatic carbocycles. The summed E-state index contributed by atoms with van der Waals surface area (Å²) in [5.74, 6) is 0.261. The van der Waals surface area contributed by atoms with Crippen molar-refractivity contribution in [2.24, 2.45) is 0 Å². The molecule has 7 rings (SSSR count). The number of H-pyrrole nitrogens is 1. The molecule has 48 heavy (non-hydrogen) atoms. The van der Waals surface area contributed by atoms with Crippen molar-refractivity contribution in [2.45, 2.75) is 56.0 Å². The fraction of sp³-hybridized carbons (Fsp3) is 0.565. The number of rotatable bonds is 5. The highest BCUT2D eigenvalue weighted by molar-refractivity contribution is 7.48. The Morgan fingerprint density at radius 1 is 0.958 bits per heavy atom. The highest BCUT2D eigenvalue weighted by Gasteiger charge is 2.54. The lowest BCUT2D eigenvalue weighted by atomic mass is 10.1. The first-order valence-electron chi connectivity index (χ1n) is 14.3. The summed E-state index contributed by atoms with van der Waals surface area (Å²) in [5.41, 5.74) is 5.55. The van der Waals surface area contributed by atoms with E-state index in [4.69, 9.17) is 37.8 Å². The minimum atomic E-state index is -5.07. The van der Waals surface area contributed by atoms with E-state index in [0.29, 0.717) is 0 Å². The first kappa shape index (κ1) is 33.2. The number of phosphoric ester groups is 2. The van der Waals surface area contributed by atoms with E-state index >= 15 is 0 Å². The predicted octanol–water partition coefficient (Wildman–Crippen LogP) is -1.60. The summed E-state index contributed by atoms with van der Waals surface area (Å²) in [6, 6.07) is 0. The molecule has 7 N–H and O–H groups in total. The van der Waals surface area contributed by atoms with Crippen LogP contribution in [0.25, 0.3) is 22.3 Å². The fourth-order valence-electron chi connectivity index (χ4n) is 5.60. The smallest absolute Gasteiger partial charge is 0.394 e. The lowest BCUT2D eigenvalue weighted by Gasteiger charge is -2.27. The number of hydrogen-bond donors (Lipinski definition) is 6. The standard InChI is InChI=1S/C23H29N9O14P2/c1-9-29-20-13(21(36)30-9)28-8-32(20)23-17-14(34)10(43-23)4-41-47(37,38)45-16-11(5-42-48(39,46-17)40-3-2-33)44-22(15(16)35)31-7-27-12-18(24)25-6-26-19(12)31/h6-8,10-11,14-17,22-23,33-35H,2-5H2,1H3,(H,37,38)(H2,24,25,26)(H,29,30,36)/t10-,11-,14?,15?,16+,17+,22-,23-,48?/m1/s1. The van der Waals surface area contributed by atoms with Crippen LogP contribution in [0.2, 0.25) is 0 Å². The van der Waals surface area contributed by atoms with Crippen LogP contribution in [0.3, 0.4) is 0 Å². The number of nitrogen functional groups attached to an aromatic ring is 1. The van der Waals surface area contributed by atoms with Gasteiger partial charge in [-0.05, 0) is 6.92 Å². The molecule has 23 nitrogen and oxygen atoms in total. The second-order valence-corrected chi connectivity index (χ2v) is 13.9. The topological polar surface area (TPSA) is 313 Å². The molecule has 25 heteroatoms. The largest absolute Gasteiger partial charge is 0.475 e. The van der Waals surface area contributed by atoms with Crippen molar-refractivity contribution < 1.29 is 61.4 Å². The van der Waals surface area contributed by atoms with Crippen LogP contribution in [-0.4, -0.2) is 122 Å². The van der Waals surface area contributed by atoms with Crippen LogP contribution in [0.1, 0.15) is 18.3 Å². The number of phosphoric acid groups is 2. The molecule has 4 aromatic heterocycles. The Kier molecular flexibility index (Phi) is 8.69. The number of aromatic nitrogens is 8. The van der Waals surface area contributed by atoms with Crippen LogP contribution >= 0.6 is 15.6 Å². The van der Waals surface area contributed by atoms with Gasteiger partial charge < -0.3 is 40.4 Å². The number of aliphatic hydroxyl groups excluding tert-OH is 3. The average Bonchev–Trinajstić information content (AvgIpc) is 3.80. The van der Waals surface area contributed by atoms with Gasteiger partial charge in [-0.3, -0.25) is 36.5 Å². The zero-order valence-corrected chi connectivity index (χ0v) is 26.4. The molecule has 3 saturated heterocycles. The van der Waals surface area contributed by atoms with Gasteiger partial charge in [0.1, 0.15) is 54.3 Å². The highest BCUT2D eigenvalue weighted by Crippen LogP contribution is 2.56. The average molecular weight is 717 g/mol. The summed E-state index contributed by atoms with van der Waals surface area (Å²) < 4.78 is 68.8. The van der Waals surface area contributed by atoms with Crippen LogP contribution in [0, 0.1) is 6.92 Å². The molecule has 3 fully saturated rings. The minimum Gasteiger partial charge on any atom is -0.394 e. The number of hydrogen-bond acceptors (Lipinski definition) is 19. The van der Waals surface area contributed by atoms with E-state index < -0.39 is 96.7 Å². The third-order valence-electron chi connectivity index (χ3n) is 7.75. The van der Waals surface area contributed by atoms with E-state index in [2.05, 4.69) is 29.9 Å². The maximum absolute atomic E-state index is 14.1. The van der Waals surface area contributed by atoms with Gasteiger partial charge in [0.15, 0.2) is 35.1 Å². The van der Waals surface area contributed by atoms with Crippen LogP contribution in [0.5, 0.6) is 0 Å². The van der Waals surface area contributed by atoms with Gasteiger partial charge in [0, 0.05) is 0 Å². The second-order valence-electron chi connectivity index (χ2n) is 10.9. The van der Waals surface area contributed by atoms with Gasteiger partial charge in [-0.1, -0.05) is 0 Å². The third kappa shape index (κ3) is 5.96. The zero-order valence-electron chi connectivity index (χ0n) is 24.7. The molecule has 2 bridgehead atoms. The SMILES string of the molecule is Cc1nc2c(ncn2[C@@H]2O[C@@H]3COP(=O)(O)O[C@@H]4C(O)[C@H](n5cnc6c(N)ncnc65)O[C@@H]4COP(=O)(OCCO)O[C@H]2C3O)c(=O)[nH]1. The molecule has 260 valence electrons. The second kappa shape index (κ2) is 12.6. The quantitative estimate of drug-likeness (QED) is 0.127. The van der Waals surface area contributed by atoms with E-state index in [1.165, 1.54) is 28.7 Å². The molecule has 0 aromatic carbocycles. The molecule has 0 amide bonds.